The standard InChI is InChI=1S/C25H48N2O4/c1-3-4-5-6-7-8-9-10-11-12-13-14-15-16-17-18-21-27(22(2)28)23(25(30)31)19-20-24(26)29/h23H,3-21H2,1-2H3,(H2,26,29)(H,30,31)/t23-/m0/s1. The number of rotatable bonds is 22. The fraction of sp³-hybridized carbons (Fsp3) is 0.880. The monoisotopic (exact) mass is 440 g/mol. The quantitative estimate of drug-likeness (QED) is 0.207. The number of carbonyl (C=O) groups is 3. The summed E-state index contributed by atoms with van der Waals surface area (Å²) in [5.41, 5.74) is 5.12. The van der Waals surface area contributed by atoms with Crippen molar-refractivity contribution in [1.82, 2.24) is 4.90 Å². The molecule has 0 aromatic carbocycles. The molecule has 3 N–H and O–H groups in total. The molecular weight excluding hydrogens is 392 g/mol. The molecule has 182 valence electrons. The predicted molar refractivity (Wildman–Crippen MR) is 127 cm³/mol. The third kappa shape index (κ3) is 17.8. The first kappa shape index (κ1) is 29.4. The molecule has 0 fully saturated rings. The van der Waals surface area contributed by atoms with Crippen molar-refractivity contribution in [2.24, 2.45) is 5.73 Å². The van der Waals surface area contributed by atoms with Crippen LogP contribution in [0.5, 0.6) is 0 Å². The zero-order valence-electron chi connectivity index (χ0n) is 20.2. The number of carboxylic acids is 1. The second kappa shape index (κ2) is 20.3. The second-order valence-electron chi connectivity index (χ2n) is 8.87. The van der Waals surface area contributed by atoms with E-state index in [4.69, 9.17) is 5.73 Å². The van der Waals surface area contributed by atoms with Crippen molar-refractivity contribution in [2.75, 3.05) is 6.54 Å². The van der Waals surface area contributed by atoms with Crippen LogP contribution in [0.2, 0.25) is 0 Å². The first-order valence-electron chi connectivity index (χ1n) is 12.7. The molecule has 31 heavy (non-hydrogen) atoms. The molecule has 0 saturated heterocycles. The Kier molecular flexibility index (Phi) is 19.3. The van der Waals surface area contributed by atoms with Crippen molar-refractivity contribution < 1.29 is 19.5 Å². The number of hydrogen-bond acceptors (Lipinski definition) is 3. The van der Waals surface area contributed by atoms with Crippen molar-refractivity contribution in [3.63, 3.8) is 0 Å². The highest BCUT2D eigenvalue weighted by molar-refractivity contribution is 5.83. The number of amides is 2. The first-order valence-corrected chi connectivity index (χ1v) is 12.7. The number of nitrogens with zero attached hydrogens (tertiary/aromatic N) is 1. The van der Waals surface area contributed by atoms with E-state index in [1.165, 1.54) is 95.3 Å². The van der Waals surface area contributed by atoms with Gasteiger partial charge in [-0.3, -0.25) is 9.59 Å². The Balaban J connectivity index is 3.71. The molecule has 0 unspecified atom stereocenters. The lowest BCUT2D eigenvalue weighted by Gasteiger charge is -2.27. The summed E-state index contributed by atoms with van der Waals surface area (Å²) in [5, 5.41) is 9.39. The van der Waals surface area contributed by atoms with E-state index in [1.54, 1.807) is 0 Å². The van der Waals surface area contributed by atoms with Crippen LogP contribution in [-0.2, 0) is 14.4 Å². The van der Waals surface area contributed by atoms with Crippen LogP contribution in [0.3, 0.4) is 0 Å². The minimum Gasteiger partial charge on any atom is -0.480 e. The molecule has 0 radical (unpaired) electrons. The molecule has 0 spiro atoms. The fourth-order valence-corrected chi connectivity index (χ4v) is 4.05. The normalized spacial score (nSPS) is 11.9. The lowest BCUT2D eigenvalue weighted by atomic mass is 10.0. The van der Waals surface area contributed by atoms with Crippen LogP contribution < -0.4 is 5.73 Å². The van der Waals surface area contributed by atoms with E-state index in [2.05, 4.69) is 6.92 Å². The van der Waals surface area contributed by atoms with Gasteiger partial charge in [-0.1, -0.05) is 103 Å². The van der Waals surface area contributed by atoms with Crippen molar-refractivity contribution in [2.45, 2.75) is 135 Å². The van der Waals surface area contributed by atoms with Crippen LogP contribution in [0, 0.1) is 0 Å². The Labute approximate surface area is 190 Å². The van der Waals surface area contributed by atoms with E-state index in [1.807, 2.05) is 0 Å². The van der Waals surface area contributed by atoms with Gasteiger partial charge in [0.25, 0.3) is 0 Å². The topological polar surface area (TPSA) is 101 Å². The van der Waals surface area contributed by atoms with Gasteiger partial charge in [0, 0.05) is 19.9 Å². The Morgan fingerprint density at radius 2 is 1.13 bits per heavy atom. The zero-order chi connectivity index (χ0) is 23.3. The summed E-state index contributed by atoms with van der Waals surface area (Å²) in [6, 6.07) is -0.971. The fourth-order valence-electron chi connectivity index (χ4n) is 4.05. The Hall–Kier alpha value is -1.59. The summed E-state index contributed by atoms with van der Waals surface area (Å²) in [6.45, 7) is 4.06. The number of aliphatic carboxylic acids is 1. The summed E-state index contributed by atoms with van der Waals surface area (Å²) < 4.78 is 0. The van der Waals surface area contributed by atoms with Crippen LogP contribution in [0.1, 0.15) is 129 Å². The molecule has 0 aromatic rings. The Bertz CT molecular complexity index is 482. The van der Waals surface area contributed by atoms with E-state index in [9.17, 15) is 19.5 Å². The van der Waals surface area contributed by atoms with Gasteiger partial charge in [0.05, 0.1) is 0 Å². The van der Waals surface area contributed by atoms with Crippen molar-refractivity contribution in [3.05, 3.63) is 0 Å². The number of carboxylic acid groups (broad SMARTS) is 1. The summed E-state index contributed by atoms with van der Waals surface area (Å²) in [7, 11) is 0. The maximum atomic E-state index is 11.9. The van der Waals surface area contributed by atoms with Crippen LogP contribution in [0.4, 0.5) is 0 Å². The molecule has 0 heterocycles. The van der Waals surface area contributed by atoms with Crippen LogP contribution >= 0.6 is 0 Å². The minimum atomic E-state index is -1.08. The van der Waals surface area contributed by atoms with Gasteiger partial charge in [0.2, 0.25) is 11.8 Å². The largest absolute Gasteiger partial charge is 0.480 e. The number of nitrogens with two attached hydrogens (primary N) is 1. The average Bonchev–Trinajstić information content (AvgIpc) is 2.71. The SMILES string of the molecule is CCCCCCCCCCCCCCCCCCN(C(C)=O)[C@@H](CCC(N)=O)C(=O)O. The smallest absolute Gasteiger partial charge is 0.326 e. The number of unbranched alkanes of at least 4 members (excludes halogenated alkanes) is 15. The molecule has 2 amide bonds. The first-order chi connectivity index (χ1) is 14.9. The zero-order valence-corrected chi connectivity index (χ0v) is 20.2. The number of primary amides is 1. The van der Waals surface area contributed by atoms with Crippen LogP contribution in [-0.4, -0.2) is 40.4 Å². The molecule has 0 rings (SSSR count). The highest BCUT2D eigenvalue weighted by Crippen LogP contribution is 2.15. The van der Waals surface area contributed by atoms with E-state index in [-0.39, 0.29) is 18.7 Å². The Morgan fingerprint density at radius 3 is 1.45 bits per heavy atom. The van der Waals surface area contributed by atoms with Gasteiger partial charge in [-0.05, 0) is 12.8 Å². The van der Waals surface area contributed by atoms with E-state index < -0.39 is 17.9 Å². The molecule has 0 aliphatic carbocycles. The van der Waals surface area contributed by atoms with Gasteiger partial charge >= 0.3 is 5.97 Å². The Morgan fingerprint density at radius 1 is 0.742 bits per heavy atom. The maximum Gasteiger partial charge on any atom is 0.326 e. The van der Waals surface area contributed by atoms with Crippen molar-refractivity contribution >= 4 is 17.8 Å². The van der Waals surface area contributed by atoms with Gasteiger partial charge in [0.1, 0.15) is 6.04 Å². The molecule has 1 atom stereocenters. The molecule has 6 nitrogen and oxygen atoms in total. The summed E-state index contributed by atoms with van der Waals surface area (Å²) in [4.78, 5) is 35.7. The molecule has 0 aliphatic rings. The second-order valence-corrected chi connectivity index (χ2v) is 8.87. The summed E-state index contributed by atoms with van der Waals surface area (Å²) >= 11 is 0. The molecule has 0 bridgehead atoms. The molecule has 0 saturated carbocycles. The van der Waals surface area contributed by atoms with Crippen LogP contribution in [0.15, 0.2) is 0 Å². The van der Waals surface area contributed by atoms with Gasteiger partial charge in [0.15, 0.2) is 0 Å². The third-order valence-corrected chi connectivity index (χ3v) is 5.98. The highest BCUT2D eigenvalue weighted by atomic mass is 16.4. The number of hydrogen-bond donors (Lipinski definition) is 2. The minimum absolute atomic E-state index is 0.0281. The third-order valence-electron chi connectivity index (χ3n) is 5.98. The number of carbonyl (C=O) groups excluding carboxylic acids is 2. The van der Waals surface area contributed by atoms with Gasteiger partial charge in [-0.25, -0.2) is 4.79 Å². The molecule has 6 heteroatoms. The highest BCUT2D eigenvalue weighted by Gasteiger charge is 2.27. The van der Waals surface area contributed by atoms with Gasteiger partial charge in [-0.2, -0.15) is 0 Å². The lowest BCUT2D eigenvalue weighted by Crippen LogP contribution is -2.45. The van der Waals surface area contributed by atoms with Gasteiger partial charge in [-0.15, -0.1) is 0 Å². The molecular formula is C25H48N2O4. The lowest BCUT2D eigenvalue weighted by molar-refractivity contribution is -0.150. The van der Waals surface area contributed by atoms with Crippen molar-refractivity contribution in [1.29, 1.82) is 0 Å². The van der Waals surface area contributed by atoms with E-state index >= 15 is 0 Å². The van der Waals surface area contributed by atoms with Gasteiger partial charge < -0.3 is 15.7 Å². The van der Waals surface area contributed by atoms with Crippen molar-refractivity contribution in [3.8, 4) is 0 Å². The maximum absolute atomic E-state index is 11.9. The molecule has 0 aliphatic heterocycles. The van der Waals surface area contributed by atoms with E-state index in [0.29, 0.717) is 6.54 Å². The van der Waals surface area contributed by atoms with Crippen LogP contribution in [0.25, 0.3) is 0 Å². The van der Waals surface area contributed by atoms with E-state index in [0.717, 1.165) is 19.3 Å². The molecule has 0 aromatic heterocycles. The summed E-state index contributed by atoms with van der Waals surface area (Å²) in [5.74, 6) is -1.89. The predicted octanol–water partition coefficient (Wildman–Crippen LogP) is 5.82. The summed E-state index contributed by atoms with van der Waals surface area (Å²) in [6.07, 6.45) is 20.4. The average molecular weight is 441 g/mol.